The zero-order valence-electron chi connectivity index (χ0n) is 2.23. The minimum Gasteiger partial charge on any atom is -0.0388 e. The Balaban J connectivity index is -0.00000000500. The molecule has 4 heavy (non-hydrogen) atoms. The molecule has 4 heteroatoms. The van der Waals surface area contributed by atoms with Gasteiger partial charge in [-0.05, 0) is 10.1 Å². The molecule has 0 aliphatic carbocycles. The van der Waals surface area contributed by atoms with Gasteiger partial charge < -0.3 is 0 Å². The largest absolute Gasteiger partial charge is 0.0434 e. The van der Waals surface area contributed by atoms with Crippen molar-refractivity contribution in [1.29, 1.82) is 0 Å². The van der Waals surface area contributed by atoms with Crippen LogP contribution in [0.3, 0.4) is 0 Å². The molecule has 0 rings (SSSR count). The smallest absolute Gasteiger partial charge is 0.0388 e. The molecule has 0 aromatic heterocycles. The molecule has 0 nitrogen and oxygen atoms in total. The van der Waals surface area contributed by atoms with Crippen LogP contribution in [0.4, 0.5) is 0 Å². The van der Waals surface area contributed by atoms with Crippen LogP contribution in [0.2, 0.25) is 0 Å². The Morgan fingerprint density at radius 3 is 1.25 bits per heavy atom. The van der Waals surface area contributed by atoms with Crippen LogP contribution in [0, 0.1) is 0 Å². The summed E-state index contributed by atoms with van der Waals surface area (Å²) in [5.41, 5.74) is 0. The van der Waals surface area contributed by atoms with E-state index in [1.165, 1.54) is 0 Å². The normalized spacial score (nSPS) is 2.00. The molecule has 0 amide bonds. The predicted octanol–water partition coefficient (Wildman–Crippen LogP) is -1.57. The van der Waals surface area contributed by atoms with E-state index in [4.69, 9.17) is 0 Å². The van der Waals surface area contributed by atoms with Gasteiger partial charge in [0.05, 0.1) is 0 Å². The molecule has 0 aromatic rings. The van der Waals surface area contributed by atoms with Crippen LogP contribution in [-0.4, -0.2) is 17.6 Å². The Morgan fingerprint density at radius 2 is 1.25 bits per heavy atom. The standard InChI is InChI=1S/BH3Si.Co.Pd/c1-2;;/h2H3;;. The SMILES string of the molecule is [B][SiH3].[Co].[Pd]. The molecule has 0 saturated heterocycles. The van der Waals surface area contributed by atoms with Crippen molar-refractivity contribution in [2.45, 2.75) is 0 Å². The third-order valence-corrected chi connectivity index (χ3v) is 0. The molecule has 0 N–H and O–H groups in total. The van der Waals surface area contributed by atoms with Gasteiger partial charge in [0, 0.05) is 44.6 Å². The van der Waals surface area contributed by atoms with E-state index in [2.05, 4.69) is 7.44 Å². The van der Waals surface area contributed by atoms with E-state index in [0.717, 1.165) is 10.1 Å². The second-order valence-corrected chi connectivity index (χ2v) is 0. The van der Waals surface area contributed by atoms with Gasteiger partial charge >= 0.3 is 0 Å². The number of hydrogen-bond donors (Lipinski definition) is 0. The van der Waals surface area contributed by atoms with Crippen molar-refractivity contribution < 1.29 is 37.2 Å². The van der Waals surface area contributed by atoms with Crippen molar-refractivity contribution in [3.05, 3.63) is 0 Å². The van der Waals surface area contributed by atoms with Gasteiger partial charge in [-0.15, -0.1) is 0 Å². The molecule has 0 saturated carbocycles. The Hall–Kier alpha value is 1.45. The summed E-state index contributed by atoms with van der Waals surface area (Å²) in [5.74, 6) is 0. The molecule has 0 atom stereocenters. The molecule has 0 spiro atoms. The maximum Gasteiger partial charge on any atom is 0.0434 e. The second kappa shape index (κ2) is 25.2. The van der Waals surface area contributed by atoms with Crippen molar-refractivity contribution in [3.63, 3.8) is 0 Å². The predicted molar refractivity (Wildman–Crippen MR) is 15.7 cm³/mol. The van der Waals surface area contributed by atoms with Crippen LogP contribution in [0.15, 0.2) is 0 Å². The van der Waals surface area contributed by atoms with Gasteiger partial charge in [0.15, 0.2) is 0 Å². The summed E-state index contributed by atoms with van der Waals surface area (Å²) < 4.78 is 0. The summed E-state index contributed by atoms with van der Waals surface area (Å²) in [4.78, 5) is 0. The average molecular weight is 207 g/mol. The van der Waals surface area contributed by atoms with E-state index < -0.39 is 0 Å². The van der Waals surface area contributed by atoms with Crippen LogP contribution in [0.5, 0.6) is 0 Å². The van der Waals surface area contributed by atoms with E-state index in [-0.39, 0.29) is 37.2 Å². The van der Waals surface area contributed by atoms with Gasteiger partial charge in [-0.1, -0.05) is 0 Å². The first-order valence-corrected chi connectivity index (χ1v) is 1.73. The first-order valence-electron chi connectivity index (χ1n) is 0.577. The van der Waals surface area contributed by atoms with E-state index in [0.29, 0.717) is 0 Å². The van der Waals surface area contributed by atoms with E-state index in [1.807, 2.05) is 0 Å². The molecule has 0 bridgehead atoms. The van der Waals surface area contributed by atoms with E-state index in [1.54, 1.807) is 0 Å². The molecule has 0 aromatic carbocycles. The fourth-order valence-corrected chi connectivity index (χ4v) is 0. The van der Waals surface area contributed by atoms with Crippen LogP contribution in [0.25, 0.3) is 0 Å². The maximum absolute atomic E-state index is 4.64. The minimum absolute atomic E-state index is 0. The van der Waals surface area contributed by atoms with Crippen LogP contribution in [-0.2, 0) is 37.2 Å². The fourth-order valence-electron chi connectivity index (χ4n) is 0. The van der Waals surface area contributed by atoms with E-state index in [9.17, 15) is 0 Å². The summed E-state index contributed by atoms with van der Waals surface area (Å²) in [6.45, 7) is 0. The van der Waals surface area contributed by atoms with Crippen molar-refractivity contribution in [3.8, 4) is 0 Å². The Kier molecular flexibility index (Phi) is 113. The summed E-state index contributed by atoms with van der Waals surface area (Å²) in [7, 11) is 5.44. The monoisotopic (exact) mass is 207 g/mol. The van der Waals surface area contributed by atoms with Gasteiger partial charge in [0.2, 0.25) is 0 Å². The van der Waals surface area contributed by atoms with Crippen LogP contribution in [0.1, 0.15) is 0 Å². The molecule has 29 valence electrons. The first kappa shape index (κ1) is 18.0. The van der Waals surface area contributed by atoms with Crippen molar-refractivity contribution in [2.75, 3.05) is 0 Å². The van der Waals surface area contributed by atoms with Gasteiger partial charge in [-0.2, -0.15) is 0 Å². The summed E-state index contributed by atoms with van der Waals surface area (Å²) in [6, 6.07) is 0. The molecular weight excluding hydrogens is 204 g/mol. The Labute approximate surface area is 54.7 Å². The fraction of sp³-hybridized carbons (Fsp3) is 0. The van der Waals surface area contributed by atoms with Crippen molar-refractivity contribution in [2.24, 2.45) is 0 Å². The quantitative estimate of drug-likeness (QED) is 0.421. The van der Waals surface area contributed by atoms with Gasteiger partial charge in [0.1, 0.15) is 0 Å². The van der Waals surface area contributed by atoms with Crippen molar-refractivity contribution in [1.82, 2.24) is 0 Å². The topological polar surface area (TPSA) is 0 Å². The van der Waals surface area contributed by atoms with Crippen LogP contribution >= 0.6 is 0 Å². The zero-order valence-corrected chi connectivity index (χ0v) is 6.82. The molecule has 0 unspecified atom stereocenters. The van der Waals surface area contributed by atoms with E-state index >= 15 is 0 Å². The maximum atomic E-state index is 4.64. The molecule has 0 fully saturated rings. The van der Waals surface area contributed by atoms with Gasteiger partial charge in [-0.25, -0.2) is 0 Å². The average Bonchev–Trinajstić information content (AvgIpc) is 1.00. The number of hydrogen-bond acceptors (Lipinski definition) is 0. The van der Waals surface area contributed by atoms with Gasteiger partial charge in [-0.3, -0.25) is 0 Å². The summed E-state index contributed by atoms with van der Waals surface area (Å²) in [5, 5.41) is 0. The number of rotatable bonds is 0. The Bertz CT molecular complexity index is 8.00. The van der Waals surface area contributed by atoms with Crippen LogP contribution < -0.4 is 0 Å². The molecule has 0 aliphatic rings. The minimum atomic E-state index is 0. The first-order chi connectivity index (χ1) is 1.00. The third kappa shape index (κ3) is 9.85. The van der Waals surface area contributed by atoms with Gasteiger partial charge in [0.25, 0.3) is 0 Å². The summed E-state index contributed by atoms with van der Waals surface area (Å²) in [6.07, 6.45) is 0. The summed E-state index contributed by atoms with van der Waals surface area (Å²) >= 11 is 0. The zero-order chi connectivity index (χ0) is 2.00. The second-order valence-electron chi connectivity index (χ2n) is 0. The molecule has 3 radical (unpaired) electrons. The third-order valence-electron chi connectivity index (χ3n) is 0. The van der Waals surface area contributed by atoms with Crippen molar-refractivity contribution >= 4 is 17.6 Å². The Morgan fingerprint density at radius 1 is 1.25 bits per heavy atom. The molecule has 0 heterocycles. The molecular formula is H3BCoPdSi. The molecule has 0 aliphatic heterocycles.